The maximum atomic E-state index is 13.7. The Morgan fingerprint density at radius 3 is 2.62 bits per heavy atom. The number of benzene rings is 2. The van der Waals surface area contributed by atoms with E-state index in [2.05, 4.69) is 15.5 Å². The first-order chi connectivity index (χ1) is 12.6. The van der Waals surface area contributed by atoms with Crippen molar-refractivity contribution in [2.45, 2.75) is 16.5 Å². The summed E-state index contributed by atoms with van der Waals surface area (Å²) in [6.45, 7) is 1.82. The van der Waals surface area contributed by atoms with E-state index >= 15 is 0 Å². The highest BCUT2D eigenvalue weighted by Gasteiger charge is 2.19. The molecule has 3 rings (SSSR count). The van der Waals surface area contributed by atoms with E-state index in [1.54, 1.807) is 49.6 Å². The van der Waals surface area contributed by atoms with Gasteiger partial charge in [0.25, 0.3) is 0 Å². The van der Waals surface area contributed by atoms with Gasteiger partial charge in [0.2, 0.25) is 5.13 Å². The van der Waals surface area contributed by atoms with Crippen LogP contribution in [0.1, 0.15) is 17.3 Å². The number of hydrogen-bond acceptors (Lipinski definition) is 7. The molecule has 1 aromatic heterocycles. The van der Waals surface area contributed by atoms with Crippen molar-refractivity contribution < 1.29 is 13.9 Å². The van der Waals surface area contributed by atoms with Gasteiger partial charge in [-0.25, -0.2) is 4.39 Å². The third-order valence-electron chi connectivity index (χ3n) is 3.54. The molecule has 1 N–H and O–H groups in total. The topological polar surface area (TPSA) is 64.1 Å². The number of para-hydroxylation sites is 1. The summed E-state index contributed by atoms with van der Waals surface area (Å²) < 4.78 is 19.4. The zero-order valence-electron chi connectivity index (χ0n) is 14.1. The van der Waals surface area contributed by atoms with Gasteiger partial charge in [0.15, 0.2) is 10.1 Å². The Hall–Kier alpha value is -2.45. The highest BCUT2D eigenvalue weighted by atomic mass is 32.2. The number of thioether (sulfide) groups is 1. The van der Waals surface area contributed by atoms with E-state index < -0.39 is 0 Å². The lowest BCUT2D eigenvalue weighted by molar-refractivity contribution is 0.0994. The summed E-state index contributed by atoms with van der Waals surface area (Å²) in [7, 11) is 1.58. The molecule has 0 saturated carbocycles. The predicted octanol–water partition coefficient (Wildman–Crippen LogP) is 4.79. The summed E-state index contributed by atoms with van der Waals surface area (Å²) in [5, 5.41) is 11.1. The zero-order chi connectivity index (χ0) is 18.5. The number of rotatable bonds is 7. The maximum Gasteiger partial charge on any atom is 0.210 e. The normalized spacial score (nSPS) is 11.8. The van der Waals surface area contributed by atoms with Crippen molar-refractivity contribution in [3.8, 4) is 5.75 Å². The number of Topliss-reactive ketones (excluding diaryl/α,β-unsaturated/α-hetero) is 1. The van der Waals surface area contributed by atoms with E-state index in [0.717, 1.165) is 0 Å². The Morgan fingerprint density at radius 2 is 1.92 bits per heavy atom. The van der Waals surface area contributed by atoms with Gasteiger partial charge in [-0.3, -0.25) is 4.79 Å². The number of ether oxygens (including phenoxy) is 1. The summed E-state index contributed by atoms with van der Waals surface area (Å²) in [6.07, 6.45) is 0. The first kappa shape index (κ1) is 18.3. The minimum Gasteiger partial charge on any atom is -0.497 e. The molecule has 0 spiro atoms. The van der Waals surface area contributed by atoms with Gasteiger partial charge in [0.05, 0.1) is 18.0 Å². The second-order valence-electron chi connectivity index (χ2n) is 5.33. The Balaban J connectivity index is 1.64. The second kappa shape index (κ2) is 8.29. The van der Waals surface area contributed by atoms with Gasteiger partial charge in [-0.2, -0.15) is 0 Å². The lowest BCUT2D eigenvalue weighted by Gasteiger charge is -2.08. The highest BCUT2D eigenvalue weighted by Crippen LogP contribution is 2.32. The lowest BCUT2D eigenvalue weighted by Crippen LogP contribution is -2.13. The molecule has 5 nitrogen and oxygen atoms in total. The van der Waals surface area contributed by atoms with Crippen molar-refractivity contribution in [3.63, 3.8) is 0 Å². The summed E-state index contributed by atoms with van der Waals surface area (Å²) in [5.41, 5.74) is 0.947. The minimum atomic E-state index is -0.361. The fourth-order valence-corrected chi connectivity index (χ4v) is 4.17. The molecule has 0 bridgehead atoms. The largest absolute Gasteiger partial charge is 0.497 e. The summed E-state index contributed by atoms with van der Waals surface area (Å²) in [6, 6.07) is 13.3. The van der Waals surface area contributed by atoms with E-state index in [9.17, 15) is 9.18 Å². The summed E-state index contributed by atoms with van der Waals surface area (Å²) in [5.74, 6) is 0.339. The van der Waals surface area contributed by atoms with Crippen LogP contribution >= 0.6 is 23.1 Å². The van der Waals surface area contributed by atoms with Crippen LogP contribution in [0.15, 0.2) is 52.9 Å². The van der Waals surface area contributed by atoms with E-state index in [1.165, 1.54) is 29.2 Å². The van der Waals surface area contributed by atoms with Crippen LogP contribution in [0.2, 0.25) is 0 Å². The van der Waals surface area contributed by atoms with Crippen molar-refractivity contribution in [2.24, 2.45) is 0 Å². The molecule has 1 atom stereocenters. The molecule has 26 heavy (non-hydrogen) atoms. The fraction of sp³-hybridized carbons (Fsp3) is 0.167. The average Bonchev–Trinajstić information content (AvgIpc) is 3.10. The van der Waals surface area contributed by atoms with E-state index in [4.69, 9.17) is 4.74 Å². The smallest absolute Gasteiger partial charge is 0.210 e. The number of nitrogens with zero attached hydrogens (tertiary/aromatic N) is 2. The molecule has 2 aromatic carbocycles. The molecule has 0 aliphatic heterocycles. The number of halogens is 1. The number of nitrogens with one attached hydrogen (secondary N) is 1. The second-order valence-corrected chi connectivity index (χ2v) is 7.90. The molecular formula is C18H16FN3O2S2. The quantitative estimate of drug-likeness (QED) is 0.463. The third kappa shape index (κ3) is 4.39. The molecule has 0 aliphatic rings. The number of ketones is 1. The van der Waals surface area contributed by atoms with Crippen molar-refractivity contribution in [2.75, 3.05) is 12.4 Å². The number of carbonyl (C=O) groups is 1. The molecule has 8 heteroatoms. The van der Waals surface area contributed by atoms with Crippen LogP contribution in [0, 0.1) is 5.82 Å². The fourth-order valence-electron chi connectivity index (χ4n) is 2.18. The predicted molar refractivity (Wildman–Crippen MR) is 102 cm³/mol. The summed E-state index contributed by atoms with van der Waals surface area (Å²) in [4.78, 5) is 12.5. The Kier molecular flexibility index (Phi) is 5.85. The monoisotopic (exact) mass is 389 g/mol. The van der Waals surface area contributed by atoms with Gasteiger partial charge >= 0.3 is 0 Å². The summed E-state index contributed by atoms with van der Waals surface area (Å²) >= 11 is 2.60. The molecule has 0 saturated heterocycles. The van der Waals surface area contributed by atoms with Gasteiger partial charge in [-0.15, -0.1) is 10.2 Å². The van der Waals surface area contributed by atoms with Crippen molar-refractivity contribution in [1.29, 1.82) is 0 Å². The van der Waals surface area contributed by atoms with Gasteiger partial charge in [0.1, 0.15) is 11.6 Å². The number of anilines is 2. The van der Waals surface area contributed by atoms with Crippen molar-refractivity contribution in [3.05, 3.63) is 59.9 Å². The number of aromatic nitrogens is 2. The first-order valence-corrected chi connectivity index (χ1v) is 9.46. The molecule has 1 unspecified atom stereocenters. The van der Waals surface area contributed by atoms with Gasteiger partial charge in [0, 0.05) is 5.56 Å². The third-order valence-corrected chi connectivity index (χ3v) is 5.57. The highest BCUT2D eigenvalue weighted by molar-refractivity contribution is 8.02. The van der Waals surface area contributed by atoms with Crippen LogP contribution in [0.5, 0.6) is 5.75 Å². The van der Waals surface area contributed by atoms with Gasteiger partial charge in [-0.1, -0.05) is 35.2 Å². The molecule has 3 aromatic rings. The van der Waals surface area contributed by atoms with Crippen LogP contribution < -0.4 is 10.1 Å². The maximum absolute atomic E-state index is 13.7. The molecule has 0 amide bonds. The number of methoxy groups -OCH3 is 1. The number of carbonyl (C=O) groups excluding carboxylic acids is 1. The van der Waals surface area contributed by atoms with Crippen LogP contribution in [0.25, 0.3) is 0 Å². The van der Waals surface area contributed by atoms with Crippen LogP contribution in [0.4, 0.5) is 15.2 Å². The Bertz CT molecular complexity index is 899. The molecule has 0 radical (unpaired) electrons. The molecule has 0 fully saturated rings. The molecular weight excluding hydrogens is 373 g/mol. The van der Waals surface area contributed by atoms with Crippen LogP contribution in [-0.4, -0.2) is 28.3 Å². The van der Waals surface area contributed by atoms with Crippen molar-refractivity contribution in [1.82, 2.24) is 10.2 Å². The van der Waals surface area contributed by atoms with E-state index in [0.29, 0.717) is 26.5 Å². The first-order valence-electron chi connectivity index (χ1n) is 7.77. The molecule has 134 valence electrons. The molecule has 0 aliphatic carbocycles. The lowest BCUT2D eigenvalue weighted by atomic mass is 10.1. The van der Waals surface area contributed by atoms with E-state index in [1.807, 2.05) is 6.92 Å². The zero-order valence-corrected chi connectivity index (χ0v) is 15.7. The van der Waals surface area contributed by atoms with Crippen molar-refractivity contribution >= 4 is 39.7 Å². The SMILES string of the molecule is COc1ccc(C(=O)C(C)Sc2nnc(Nc3ccccc3F)s2)cc1. The minimum absolute atomic E-state index is 0.00327. The molecule has 1 heterocycles. The Labute approximate surface area is 158 Å². The Morgan fingerprint density at radius 1 is 1.19 bits per heavy atom. The van der Waals surface area contributed by atoms with Gasteiger partial charge < -0.3 is 10.1 Å². The standard InChI is InChI=1S/C18H16FN3O2S2/c1-11(16(23)12-7-9-13(24-2)10-8-12)25-18-22-21-17(26-18)20-15-6-4-3-5-14(15)19/h3-11H,1-2H3,(H,20,21). The number of hydrogen-bond donors (Lipinski definition) is 1. The van der Waals surface area contributed by atoms with Gasteiger partial charge in [-0.05, 0) is 43.3 Å². The van der Waals surface area contributed by atoms with Crippen LogP contribution in [-0.2, 0) is 0 Å². The van der Waals surface area contributed by atoms with E-state index in [-0.39, 0.29) is 16.9 Å². The average molecular weight is 389 g/mol. The van der Waals surface area contributed by atoms with Crippen LogP contribution in [0.3, 0.4) is 0 Å².